The van der Waals surface area contributed by atoms with Gasteiger partial charge in [0.05, 0.1) is 0 Å². The van der Waals surface area contributed by atoms with Crippen molar-refractivity contribution in [2.75, 3.05) is 0 Å². The van der Waals surface area contributed by atoms with Crippen LogP contribution in [-0.4, -0.2) is 17.2 Å². The van der Waals surface area contributed by atoms with E-state index in [0.717, 1.165) is 4.90 Å². The molecule has 4 heteroatoms. The number of hydrogen-bond acceptors (Lipinski definition) is 2. The maximum Gasteiger partial charge on any atom is 0.488 e. The fourth-order valence-corrected chi connectivity index (χ4v) is 7.48. The highest BCUT2D eigenvalue weighted by atomic mass is 32.3. The third-order valence-electron chi connectivity index (χ3n) is 4.80. The minimum atomic E-state index is -1.79. The van der Waals surface area contributed by atoms with Crippen LogP contribution in [0.5, 0.6) is 0 Å². The van der Waals surface area contributed by atoms with Gasteiger partial charge in [-0.1, -0.05) is 66.7 Å². The third kappa shape index (κ3) is 3.27. The van der Waals surface area contributed by atoms with Crippen LogP contribution in [0.4, 0.5) is 0 Å². The van der Waals surface area contributed by atoms with Crippen molar-refractivity contribution in [2.45, 2.75) is 19.6 Å². The Hall–Kier alpha value is -2.79. The maximum absolute atomic E-state index is 9.79. The number of rotatable bonds is 5. The molecular weight excluding hydrogens is 363 g/mol. The second kappa shape index (κ2) is 8.07. The summed E-state index contributed by atoms with van der Waals surface area (Å²) in [7, 11) is -3.29. The minimum Gasteiger partial charge on any atom is -0.423 e. The third-order valence-corrected chi connectivity index (χ3v) is 8.70. The predicted molar refractivity (Wildman–Crippen MR) is 116 cm³/mol. The molecule has 0 unspecified atom stereocenters. The van der Waals surface area contributed by atoms with Gasteiger partial charge >= 0.3 is 7.12 Å². The maximum atomic E-state index is 9.79. The van der Waals surface area contributed by atoms with Crippen LogP contribution in [0.2, 0.25) is 0 Å². The van der Waals surface area contributed by atoms with E-state index in [0.29, 0.717) is 5.46 Å². The van der Waals surface area contributed by atoms with Crippen LogP contribution in [0.1, 0.15) is 0 Å². The van der Waals surface area contributed by atoms with Crippen molar-refractivity contribution < 1.29 is 10.0 Å². The van der Waals surface area contributed by atoms with Gasteiger partial charge < -0.3 is 10.0 Å². The first kappa shape index (κ1) is 18.6. The van der Waals surface area contributed by atoms with Gasteiger partial charge in [0.25, 0.3) is 0 Å². The van der Waals surface area contributed by atoms with E-state index in [1.807, 2.05) is 30.3 Å². The lowest BCUT2D eigenvalue weighted by Crippen LogP contribution is -2.30. The molecule has 28 heavy (non-hydrogen) atoms. The molecule has 0 radical (unpaired) electrons. The highest BCUT2D eigenvalue weighted by Gasteiger charge is 2.33. The van der Waals surface area contributed by atoms with Crippen molar-refractivity contribution in [3.8, 4) is 0 Å². The lowest BCUT2D eigenvalue weighted by Gasteiger charge is -2.42. The van der Waals surface area contributed by atoms with Crippen molar-refractivity contribution in [2.24, 2.45) is 0 Å². The van der Waals surface area contributed by atoms with Crippen LogP contribution in [0.15, 0.2) is 135 Å². The van der Waals surface area contributed by atoms with Crippen LogP contribution < -0.4 is 5.46 Å². The molecule has 4 rings (SSSR count). The standard InChI is InChI=1S/C24H21BO2S/c26-25(27)20-11-10-18-24(19-20)28(21-12-4-1-5-13-21,22-14-6-2-7-15-22)23-16-8-3-9-17-23/h1-19,26-27H. The van der Waals surface area contributed by atoms with E-state index in [1.54, 1.807) is 6.07 Å². The monoisotopic (exact) mass is 384 g/mol. The smallest absolute Gasteiger partial charge is 0.423 e. The molecule has 4 aromatic rings. The molecule has 2 N–H and O–H groups in total. The van der Waals surface area contributed by atoms with E-state index in [1.165, 1.54) is 14.7 Å². The Morgan fingerprint density at radius 3 is 1.25 bits per heavy atom. The summed E-state index contributed by atoms with van der Waals surface area (Å²) in [5.41, 5.74) is 0.497. The summed E-state index contributed by atoms with van der Waals surface area (Å²) < 4.78 is 0. The largest absolute Gasteiger partial charge is 0.488 e. The van der Waals surface area contributed by atoms with Gasteiger partial charge in [-0.2, -0.15) is 0 Å². The predicted octanol–water partition coefficient (Wildman–Crippen LogP) is 4.71. The van der Waals surface area contributed by atoms with Crippen molar-refractivity contribution in [3.05, 3.63) is 115 Å². The average molecular weight is 384 g/mol. The Morgan fingerprint density at radius 2 is 0.857 bits per heavy atom. The van der Waals surface area contributed by atoms with Crippen molar-refractivity contribution in [1.29, 1.82) is 0 Å². The van der Waals surface area contributed by atoms with Crippen LogP contribution >= 0.6 is 10.0 Å². The molecule has 0 saturated heterocycles. The molecule has 0 bridgehead atoms. The molecule has 0 heterocycles. The fourth-order valence-electron chi connectivity index (χ4n) is 3.56. The summed E-state index contributed by atoms with van der Waals surface area (Å²) in [6.45, 7) is 0. The van der Waals surface area contributed by atoms with Gasteiger partial charge in [-0.25, -0.2) is 0 Å². The zero-order chi connectivity index (χ0) is 19.4. The molecule has 0 aliphatic rings. The molecular formula is C24H21BO2S. The van der Waals surface area contributed by atoms with E-state index in [4.69, 9.17) is 0 Å². The van der Waals surface area contributed by atoms with Crippen LogP contribution in [0, 0.1) is 0 Å². The zero-order valence-electron chi connectivity index (χ0n) is 15.3. The van der Waals surface area contributed by atoms with Gasteiger partial charge in [0.1, 0.15) is 0 Å². The van der Waals surface area contributed by atoms with Gasteiger partial charge in [-0.15, -0.1) is 10.0 Å². The van der Waals surface area contributed by atoms with Crippen molar-refractivity contribution >= 4 is 22.6 Å². The SMILES string of the molecule is OB(O)c1cccc(S(c2ccccc2)(c2ccccc2)c2ccccc2)c1. The van der Waals surface area contributed by atoms with Gasteiger partial charge in [0.15, 0.2) is 0 Å². The first-order chi connectivity index (χ1) is 13.7. The first-order valence-electron chi connectivity index (χ1n) is 9.17. The number of benzene rings is 4. The molecule has 0 spiro atoms. The Morgan fingerprint density at radius 1 is 0.464 bits per heavy atom. The normalized spacial score (nSPS) is 11.8. The second-order valence-corrected chi connectivity index (χ2v) is 9.61. The molecule has 0 aliphatic carbocycles. The summed E-state index contributed by atoms with van der Waals surface area (Å²) in [6, 6.07) is 39.1. The Kier molecular flexibility index (Phi) is 5.35. The van der Waals surface area contributed by atoms with E-state index in [9.17, 15) is 10.0 Å². The van der Waals surface area contributed by atoms with Crippen LogP contribution in [0.25, 0.3) is 0 Å². The van der Waals surface area contributed by atoms with Crippen LogP contribution in [0.3, 0.4) is 0 Å². The van der Waals surface area contributed by atoms with Crippen molar-refractivity contribution in [1.82, 2.24) is 0 Å². The van der Waals surface area contributed by atoms with Gasteiger partial charge in [-0.05, 0) is 54.0 Å². The first-order valence-corrected chi connectivity index (χ1v) is 10.8. The molecule has 0 aliphatic heterocycles. The van der Waals surface area contributed by atoms with E-state index in [-0.39, 0.29) is 0 Å². The quantitative estimate of drug-likeness (QED) is 0.490. The van der Waals surface area contributed by atoms with E-state index < -0.39 is 17.1 Å². The van der Waals surface area contributed by atoms with Gasteiger partial charge in [0, 0.05) is 19.6 Å². The lowest BCUT2D eigenvalue weighted by atomic mass is 9.80. The molecule has 0 atom stereocenters. The summed E-state index contributed by atoms with van der Waals surface area (Å²) in [5.74, 6) is 0. The molecule has 138 valence electrons. The van der Waals surface area contributed by atoms with Crippen LogP contribution in [-0.2, 0) is 0 Å². The molecule has 0 fully saturated rings. The highest BCUT2D eigenvalue weighted by Crippen LogP contribution is 2.73. The molecule has 4 aromatic carbocycles. The molecule has 0 amide bonds. The topological polar surface area (TPSA) is 40.5 Å². The minimum absolute atomic E-state index is 0.497. The molecule has 0 aromatic heterocycles. The Balaban J connectivity index is 2.12. The average Bonchev–Trinajstić information content (AvgIpc) is 2.77. The summed E-state index contributed by atoms with van der Waals surface area (Å²) in [4.78, 5) is 4.69. The number of hydrogen-bond donors (Lipinski definition) is 2. The summed E-state index contributed by atoms with van der Waals surface area (Å²) in [6.07, 6.45) is 0. The van der Waals surface area contributed by atoms with Gasteiger partial charge in [0.2, 0.25) is 0 Å². The van der Waals surface area contributed by atoms with E-state index in [2.05, 4.69) is 78.9 Å². The Labute approximate surface area is 167 Å². The molecule has 2 nitrogen and oxygen atoms in total. The summed E-state index contributed by atoms with van der Waals surface area (Å²) in [5, 5.41) is 19.6. The van der Waals surface area contributed by atoms with E-state index >= 15 is 0 Å². The fraction of sp³-hybridized carbons (Fsp3) is 0. The highest BCUT2D eigenvalue weighted by molar-refractivity contribution is 8.34. The van der Waals surface area contributed by atoms with Crippen molar-refractivity contribution in [3.63, 3.8) is 0 Å². The van der Waals surface area contributed by atoms with Gasteiger partial charge in [-0.3, -0.25) is 0 Å². The lowest BCUT2D eigenvalue weighted by molar-refractivity contribution is 0.425. The summed E-state index contributed by atoms with van der Waals surface area (Å²) >= 11 is 0. The zero-order valence-corrected chi connectivity index (χ0v) is 16.2. The Bertz CT molecular complexity index is 941. The molecule has 0 saturated carbocycles. The second-order valence-electron chi connectivity index (χ2n) is 6.50.